The van der Waals surface area contributed by atoms with E-state index in [1.807, 2.05) is 39.9 Å². The van der Waals surface area contributed by atoms with Gasteiger partial charge in [-0.3, -0.25) is 9.48 Å². The van der Waals surface area contributed by atoms with Crippen molar-refractivity contribution in [1.29, 1.82) is 0 Å². The summed E-state index contributed by atoms with van der Waals surface area (Å²) in [5, 5.41) is 4.14. The third-order valence-electron chi connectivity index (χ3n) is 4.17. The van der Waals surface area contributed by atoms with Crippen molar-refractivity contribution in [2.45, 2.75) is 25.4 Å². The van der Waals surface area contributed by atoms with Crippen molar-refractivity contribution in [3.8, 4) is 0 Å². The predicted octanol–water partition coefficient (Wildman–Crippen LogP) is 1.22. The van der Waals surface area contributed by atoms with Crippen LogP contribution in [0.1, 0.15) is 24.4 Å². The van der Waals surface area contributed by atoms with Gasteiger partial charge in [-0.25, -0.2) is 4.98 Å². The van der Waals surface area contributed by atoms with Crippen LogP contribution in [0.3, 0.4) is 0 Å². The average Bonchev–Trinajstić information content (AvgIpc) is 3.07. The fraction of sp³-hybridized carbons (Fsp3) is 0.438. The lowest BCUT2D eigenvalue weighted by Crippen LogP contribution is -2.45. The first-order valence-corrected chi connectivity index (χ1v) is 7.66. The molecule has 0 spiro atoms. The lowest BCUT2D eigenvalue weighted by atomic mass is 9.96. The van der Waals surface area contributed by atoms with E-state index in [0.717, 1.165) is 38.0 Å². The summed E-state index contributed by atoms with van der Waals surface area (Å²) < 4.78 is 1.83. The third kappa shape index (κ3) is 3.33. The summed E-state index contributed by atoms with van der Waals surface area (Å²) in [5.41, 5.74) is 7.00. The highest BCUT2D eigenvalue weighted by molar-refractivity contribution is 5.83. The van der Waals surface area contributed by atoms with Crippen molar-refractivity contribution in [3.05, 3.63) is 48.5 Å². The van der Waals surface area contributed by atoms with Gasteiger partial charge in [-0.05, 0) is 24.3 Å². The first kappa shape index (κ1) is 14.7. The molecular formula is C16H21N5O. The maximum atomic E-state index is 12.6. The first-order valence-electron chi connectivity index (χ1n) is 7.66. The molecule has 22 heavy (non-hydrogen) atoms. The fourth-order valence-corrected chi connectivity index (χ4v) is 3.01. The maximum absolute atomic E-state index is 12.6. The Morgan fingerprint density at radius 2 is 2.18 bits per heavy atom. The third-order valence-corrected chi connectivity index (χ3v) is 4.17. The van der Waals surface area contributed by atoms with E-state index in [0.29, 0.717) is 5.92 Å². The lowest BCUT2D eigenvalue weighted by Gasteiger charge is -2.34. The fourth-order valence-electron chi connectivity index (χ4n) is 3.01. The van der Waals surface area contributed by atoms with Crippen LogP contribution in [0.4, 0.5) is 0 Å². The number of hydrogen-bond donors (Lipinski definition) is 1. The summed E-state index contributed by atoms with van der Waals surface area (Å²) in [7, 11) is 0. The van der Waals surface area contributed by atoms with Gasteiger partial charge in [0.1, 0.15) is 18.7 Å². The minimum Gasteiger partial charge on any atom is -0.341 e. The molecule has 0 aliphatic carbocycles. The molecule has 2 aromatic rings. The molecule has 2 heterocycles. The van der Waals surface area contributed by atoms with E-state index >= 15 is 0 Å². The van der Waals surface area contributed by atoms with E-state index in [9.17, 15) is 4.79 Å². The van der Waals surface area contributed by atoms with Crippen LogP contribution in [0, 0.1) is 5.92 Å². The number of hydrogen-bond acceptors (Lipinski definition) is 4. The molecule has 1 saturated heterocycles. The van der Waals surface area contributed by atoms with E-state index in [4.69, 9.17) is 5.73 Å². The molecule has 1 aliphatic heterocycles. The number of aromatic nitrogens is 3. The second-order valence-corrected chi connectivity index (χ2v) is 5.80. The average molecular weight is 299 g/mol. The number of rotatable bonds is 4. The van der Waals surface area contributed by atoms with Gasteiger partial charge in [0, 0.05) is 19.6 Å². The molecule has 2 N–H and O–H groups in total. The standard InChI is InChI=1S/C16H21N5O/c17-15(14-6-2-1-3-7-14)16(22)20-8-4-5-13(9-20)10-21-12-18-11-19-21/h1-3,6-7,11-13,15H,4-5,8-10,17H2/t13-,15+/m1/s1. The van der Waals surface area contributed by atoms with Gasteiger partial charge in [0.25, 0.3) is 0 Å². The molecule has 1 aromatic heterocycles. The van der Waals surface area contributed by atoms with Crippen molar-refractivity contribution in [2.24, 2.45) is 11.7 Å². The summed E-state index contributed by atoms with van der Waals surface area (Å²) in [6.07, 6.45) is 5.37. The van der Waals surface area contributed by atoms with Crippen LogP contribution < -0.4 is 5.73 Å². The highest BCUT2D eigenvalue weighted by Crippen LogP contribution is 2.21. The Bertz CT molecular complexity index is 598. The molecule has 6 nitrogen and oxygen atoms in total. The highest BCUT2D eigenvalue weighted by Gasteiger charge is 2.28. The van der Waals surface area contributed by atoms with Crippen LogP contribution in [0.15, 0.2) is 43.0 Å². The van der Waals surface area contributed by atoms with Crippen molar-refractivity contribution in [3.63, 3.8) is 0 Å². The number of nitrogens with two attached hydrogens (primary N) is 1. The van der Waals surface area contributed by atoms with Crippen molar-refractivity contribution in [2.75, 3.05) is 13.1 Å². The van der Waals surface area contributed by atoms with Gasteiger partial charge in [0.2, 0.25) is 5.91 Å². The van der Waals surface area contributed by atoms with Gasteiger partial charge in [0.15, 0.2) is 0 Å². The smallest absolute Gasteiger partial charge is 0.244 e. The van der Waals surface area contributed by atoms with E-state index < -0.39 is 6.04 Å². The minimum atomic E-state index is -0.577. The zero-order chi connectivity index (χ0) is 15.4. The number of benzene rings is 1. The number of carbonyl (C=O) groups excluding carboxylic acids is 1. The summed E-state index contributed by atoms with van der Waals surface area (Å²) >= 11 is 0. The molecule has 1 aliphatic rings. The molecule has 1 fully saturated rings. The molecule has 3 rings (SSSR count). The Kier molecular flexibility index (Phi) is 4.48. The number of amides is 1. The molecule has 0 unspecified atom stereocenters. The molecule has 0 saturated carbocycles. The Morgan fingerprint density at radius 3 is 2.91 bits per heavy atom. The highest BCUT2D eigenvalue weighted by atomic mass is 16.2. The normalized spacial score (nSPS) is 19.9. The zero-order valence-electron chi connectivity index (χ0n) is 12.5. The maximum Gasteiger partial charge on any atom is 0.244 e. The van der Waals surface area contributed by atoms with Gasteiger partial charge in [0.05, 0.1) is 0 Å². The van der Waals surface area contributed by atoms with Crippen molar-refractivity contribution >= 4 is 5.91 Å². The Labute approximate surface area is 129 Å². The topological polar surface area (TPSA) is 77.0 Å². The van der Waals surface area contributed by atoms with Crippen LogP contribution in [0.25, 0.3) is 0 Å². The minimum absolute atomic E-state index is 0.00879. The second kappa shape index (κ2) is 6.70. The van der Waals surface area contributed by atoms with E-state index in [2.05, 4.69) is 10.1 Å². The van der Waals surface area contributed by atoms with Crippen LogP contribution in [0.5, 0.6) is 0 Å². The van der Waals surface area contributed by atoms with E-state index in [1.54, 1.807) is 6.33 Å². The van der Waals surface area contributed by atoms with Crippen LogP contribution in [-0.2, 0) is 11.3 Å². The van der Waals surface area contributed by atoms with Crippen molar-refractivity contribution < 1.29 is 4.79 Å². The zero-order valence-corrected chi connectivity index (χ0v) is 12.5. The molecule has 0 bridgehead atoms. The van der Waals surface area contributed by atoms with Gasteiger partial charge in [-0.2, -0.15) is 5.10 Å². The first-order chi connectivity index (χ1) is 10.7. The number of carbonyl (C=O) groups is 1. The van der Waals surface area contributed by atoms with Gasteiger partial charge in [-0.1, -0.05) is 30.3 Å². The van der Waals surface area contributed by atoms with Gasteiger partial charge in [-0.15, -0.1) is 0 Å². The molecule has 1 amide bonds. The monoisotopic (exact) mass is 299 g/mol. The SMILES string of the molecule is N[C@H](C(=O)N1CCC[C@@H](Cn2cncn2)C1)c1ccccc1. The number of piperidine rings is 1. The van der Waals surface area contributed by atoms with Crippen LogP contribution >= 0.6 is 0 Å². The Hall–Kier alpha value is -2.21. The van der Waals surface area contributed by atoms with Crippen LogP contribution in [0.2, 0.25) is 0 Å². The molecular weight excluding hydrogens is 278 g/mol. The van der Waals surface area contributed by atoms with Crippen molar-refractivity contribution in [1.82, 2.24) is 19.7 Å². The quantitative estimate of drug-likeness (QED) is 0.921. The molecule has 1 aromatic carbocycles. The Balaban J connectivity index is 1.62. The molecule has 116 valence electrons. The largest absolute Gasteiger partial charge is 0.341 e. The van der Waals surface area contributed by atoms with Crippen LogP contribution in [-0.4, -0.2) is 38.7 Å². The second-order valence-electron chi connectivity index (χ2n) is 5.80. The predicted molar refractivity (Wildman–Crippen MR) is 82.7 cm³/mol. The Morgan fingerprint density at radius 1 is 1.36 bits per heavy atom. The number of nitrogens with zero attached hydrogens (tertiary/aromatic N) is 4. The summed E-state index contributed by atoms with van der Waals surface area (Å²) in [5.74, 6) is 0.414. The van der Waals surface area contributed by atoms with Gasteiger partial charge >= 0.3 is 0 Å². The summed E-state index contributed by atoms with van der Waals surface area (Å²) in [6.45, 7) is 2.32. The molecule has 6 heteroatoms. The van der Waals surface area contributed by atoms with Gasteiger partial charge < -0.3 is 10.6 Å². The van der Waals surface area contributed by atoms with E-state index in [-0.39, 0.29) is 5.91 Å². The lowest BCUT2D eigenvalue weighted by molar-refractivity contribution is -0.134. The molecule has 2 atom stereocenters. The van der Waals surface area contributed by atoms with E-state index in [1.165, 1.54) is 6.33 Å². The summed E-state index contributed by atoms with van der Waals surface area (Å²) in [6, 6.07) is 8.97. The summed E-state index contributed by atoms with van der Waals surface area (Å²) in [4.78, 5) is 18.5. The molecule has 0 radical (unpaired) electrons. The number of likely N-dealkylation sites (tertiary alicyclic amines) is 1.